The fourth-order valence-corrected chi connectivity index (χ4v) is 4.21. The highest BCUT2D eigenvalue weighted by Crippen LogP contribution is 2.38. The Morgan fingerprint density at radius 1 is 1.02 bits per heavy atom. The molecule has 0 saturated heterocycles. The normalized spacial score (nSPS) is 12.5. The summed E-state index contributed by atoms with van der Waals surface area (Å²) in [5.41, 5.74) is 0.701. The van der Waals surface area contributed by atoms with Crippen molar-refractivity contribution in [1.29, 1.82) is 0 Å². The van der Waals surface area contributed by atoms with Gasteiger partial charge in [0.25, 0.3) is 0 Å². The molecule has 0 radical (unpaired) electrons. The molecule has 3 aromatic heterocycles. The zero-order valence-corrected chi connectivity index (χ0v) is 22.5. The standard InChI is InChI=1S/C28H27F3N6O4/c1-4-36-23(17-39-16-19-8-6-5-7-9-19)34-37(27(36)38)21-14-20-10-12-32-26(41-24-11-13-33-35(24)3)25(20)22(15-21)40-18(2)28(29,30)31/h5-15,18H,4,16-17H2,1-3H3/t18-/m0/s1. The van der Waals surface area contributed by atoms with E-state index in [1.165, 1.54) is 27.7 Å². The molecule has 0 saturated carbocycles. The van der Waals surface area contributed by atoms with Gasteiger partial charge < -0.3 is 14.2 Å². The van der Waals surface area contributed by atoms with Gasteiger partial charge in [-0.3, -0.25) is 4.57 Å². The minimum atomic E-state index is -4.64. The van der Waals surface area contributed by atoms with Crippen LogP contribution in [0.2, 0.25) is 0 Å². The molecule has 2 aromatic carbocycles. The molecule has 0 fully saturated rings. The molecule has 0 N–H and O–H groups in total. The number of ether oxygens (including phenoxy) is 3. The lowest BCUT2D eigenvalue weighted by atomic mass is 10.1. The Bertz CT molecular complexity index is 1710. The monoisotopic (exact) mass is 568 g/mol. The number of hydrogen-bond acceptors (Lipinski definition) is 7. The molecule has 0 unspecified atom stereocenters. The molecule has 3 heterocycles. The van der Waals surface area contributed by atoms with Crippen LogP contribution in [0.1, 0.15) is 25.2 Å². The van der Waals surface area contributed by atoms with Crippen LogP contribution in [0.3, 0.4) is 0 Å². The van der Waals surface area contributed by atoms with Crippen LogP contribution < -0.4 is 15.2 Å². The molecule has 0 aliphatic heterocycles. The van der Waals surface area contributed by atoms with Crippen molar-refractivity contribution in [3.63, 3.8) is 0 Å². The first-order valence-electron chi connectivity index (χ1n) is 12.8. The Labute approximate surface area is 232 Å². The smallest absolute Gasteiger partial charge is 0.425 e. The zero-order valence-electron chi connectivity index (χ0n) is 22.5. The third kappa shape index (κ3) is 5.94. The largest absolute Gasteiger partial charge is 0.480 e. The van der Waals surface area contributed by atoms with Crippen LogP contribution in [0.25, 0.3) is 16.5 Å². The third-order valence-electron chi connectivity index (χ3n) is 6.36. The van der Waals surface area contributed by atoms with Crippen LogP contribution in [-0.2, 0) is 31.5 Å². The average molecular weight is 569 g/mol. The molecule has 0 aliphatic rings. The highest BCUT2D eigenvalue weighted by atomic mass is 19.4. The van der Waals surface area contributed by atoms with Gasteiger partial charge in [-0.1, -0.05) is 30.3 Å². The molecule has 41 heavy (non-hydrogen) atoms. The van der Waals surface area contributed by atoms with Crippen molar-refractivity contribution in [2.75, 3.05) is 0 Å². The van der Waals surface area contributed by atoms with Gasteiger partial charge in [-0.25, -0.2) is 14.5 Å². The van der Waals surface area contributed by atoms with Gasteiger partial charge >= 0.3 is 11.9 Å². The summed E-state index contributed by atoms with van der Waals surface area (Å²) >= 11 is 0. The lowest BCUT2D eigenvalue weighted by molar-refractivity contribution is -0.189. The summed E-state index contributed by atoms with van der Waals surface area (Å²) < 4.78 is 61.8. The number of benzene rings is 2. The molecule has 5 aromatic rings. The van der Waals surface area contributed by atoms with Gasteiger partial charge in [0.15, 0.2) is 11.9 Å². The van der Waals surface area contributed by atoms with Gasteiger partial charge in [-0.05, 0) is 36.9 Å². The lowest BCUT2D eigenvalue weighted by Crippen LogP contribution is -2.31. The number of hydrogen-bond donors (Lipinski definition) is 0. The topological polar surface area (TPSA) is 98.2 Å². The fraction of sp³-hybridized carbons (Fsp3) is 0.286. The molecule has 13 heteroatoms. The average Bonchev–Trinajstić information content (AvgIpc) is 3.50. The molecule has 0 spiro atoms. The summed E-state index contributed by atoms with van der Waals surface area (Å²) in [6.45, 7) is 3.39. The maximum absolute atomic E-state index is 13.6. The zero-order chi connectivity index (χ0) is 29.1. The van der Waals surface area contributed by atoms with E-state index in [4.69, 9.17) is 14.2 Å². The molecule has 0 amide bonds. The maximum Gasteiger partial charge on any atom is 0.425 e. The number of fused-ring (bicyclic) bond motifs is 1. The fourth-order valence-electron chi connectivity index (χ4n) is 4.21. The molecule has 0 bridgehead atoms. The quantitative estimate of drug-likeness (QED) is 0.229. The molecule has 1 atom stereocenters. The summed E-state index contributed by atoms with van der Waals surface area (Å²) in [6, 6.07) is 15.7. The maximum atomic E-state index is 13.6. The SMILES string of the molecule is CCn1c(COCc2ccccc2)nn(-c2cc(O[C@@H](C)C(F)(F)F)c3c(Oc4ccnn4C)nccc3c2)c1=O. The van der Waals surface area contributed by atoms with E-state index < -0.39 is 18.0 Å². The van der Waals surface area contributed by atoms with Crippen molar-refractivity contribution in [2.24, 2.45) is 7.05 Å². The van der Waals surface area contributed by atoms with E-state index in [0.717, 1.165) is 17.2 Å². The summed E-state index contributed by atoms with van der Waals surface area (Å²) in [6.07, 6.45) is -3.83. The van der Waals surface area contributed by atoms with Crippen molar-refractivity contribution < 1.29 is 27.4 Å². The van der Waals surface area contributed by atoms with E-state index in [1.807, 2.05) is 30.3 Å². The Balaban J connectivity index is 1.56. The number of aromatic nitrogens is 6. The second-order valence-electron chi connectivity index (χ2n) is 9.19. The first-order valence-corrected chi connectivity index (χ1v) is 12.8. The Hall–Kier alpha value is -4.65. The Kier molecular flexibility index (Phi) is 7.79. The van der Waals surface area contributed by atoms with E-state index in [1.54, 1.807) is 32.2 Å². The Morgan fingerprint density at radius 2 is 1.80 bits per heavy atom. The first kappa shape index (κ1) is 27.9. The van der Waals surface area contributed by atoms with Crippen LogP contribution in [-0.4, -0.2) is 41.4 Å². The second-order valence-corrected chi connectivity index (χ2v) is 9.19. The molecular formula is C28H27F3N6O4. The first-order chi connectivity index (χ1) is 19.7. The van der Waals surface area contributed by atoms with Crippen LogP contribution >= 0.6 is 0 Å². The molecule has 10 nitrogen and oxygen atoms in total. The lowest BCUT2D eigenvalue weighted by Gasteiger charge is -2.20. The summed E-state index contributed by atoms with van der Waals surface area (Å²) in [5, 5.41) is 9.13. The van der Waals surface area contributed by atoms with Crippen molar-refractivity contribution in [3.8, 4) is 23.2 Å². The summed E-state index contributed by atoms with van der Waals surface area (Å²) in [5.74, 6) is 0.535. The van der Waals surface area contributed by atoms with Gasteiger partial charge in [0.05, 0.1) is 23.9 Å². The van der Waals surface area contributed by atoms with Crippen molar-refractivity contribution in [3.05, 3.63) is 88.9 Å². The number of pyridine rings is 1. The second kappa shape index (κ2) is 11.5. The Morgan fingerprint density at radius 3 is 2.49 bits per heavy atom. The summed E-state index contributed by atoms with van der Waals surface area (Å²) in [4.78, 5) is 17.6. The van der Waals surface area contributed by atoms with Crippen LogP contribution in [0, 0.1) is 0 Å². The molecule has 5 rings (SSSR count). The molecule has 214 valence electrons. The van der Waals surface area contributed by atoms with E-state index >= 15 is 0 Å². The number of alkyl halides is 3. The molecular weight excluding hydrogens is 541 g/mol. The van der Waals surface area contributed by atoms with Crippen molar-refractivity contribution in [1.82, 2.24) is 29.1 Å². The van der Waals surface area contributed by atoms with Crippen molar-refractivity contribution in [2.45, 2.75) is 45.9 Å². The van der Waals surface area contributed by atoms with Crippen LogP contribution in [0.15, 0.2) is 71.8 Å². The van der Waals surface area contributed by atoms with Gasteiger partial charge in [-0.15, -0.1) is 5.10 Å². The number of rotatable bonds is 10. The van der Waals surface area contributed by atoms with E-state index in [9.17, 15) is 18.0 Å². The highest BCUT2D eigenvalue weighted by Gasteiger charge is 2.38. The number of aryl methyl sites for hydroxylation is 1. The van der Waals surface area contributed by atoms with Crippen LogP contribution in [0.4, 0.5) is 13.2 Å². The van der Waals surface area contributed by atoms with Gasteiger partial charge in [-0.2, -0.15) is 23.0 Å². The number of halogens is 3. The van der Waals surface area contributed by atoms with Crippen LogP contribution in [0.5, 0.6) is 17.5 Å². The predicted molar refractivity (Wildman–Crippen MR) is 143 cm³/mol. The highest BCUT2D eigenvalue weighted by molar-refractivity contribution is 5.94. The minimum absolute atomic E-state index is 0.0171. The van der Waals surface area contributed by atoms with Gasteiger partial charge in [0.2, 0.25) is 11.8 Å². The predicted octanol–water partition coefficient (Wildman–Crippen LogP) is 5.17. The van der Waals surface area contributed by atoms with Gasteiger partial charge in [0, 0.05) is 31.9 Å². The summed E-state index contributed by atoms with van der Waals surface area (Å²) in [7, 11) is 1.65. The van der Waals surface area contributed by atoms with Gasteiger partial charge in [0.1, 0.15) is 12.4 Å². The molecule has 0 aliphatic carbocycles. The van der Waals surface area contributed by atoms with Crippen molar-refractivity contribution >= 4 is 10.8 Å². The van der Waals surface area contributed by atoms with E-state index in [-0.39, 0.29) is 29.3 Å². The van der Waals surface area contributed by atoms with E-state index in [2.05, 4.69) is 15.2 Å². The van der Waals surface area contributed by atoms with E-state index in [0.29, 0.717) is 30.2 Å². The number of nitrogens with zero attached hydrogens (tertiary/aromatic N) is 6. The third-order valence-corrected chi connectivity index (χ3v) is 6.36. The minimum Gasteiger partial charge on any atom is -0.480 e.